The zero-order valence-electron chi connectivity index (χ0n) is 12.6. The van der Waals surface area contributed by atoms with E-state index in [4.69, 9.17) is 16.1 Å². The maximum atomic E-state index is 6.10. The Kier molecular flexibility index (Phi) is 4.32. The fraction of sp³-hybridized carbons (Fsp3) is 0.471. The van der Waals surface area contributed by atoms with Crippen LogP contribution in [0.4, 0.5) is 0 Å². The molecule has 1 aromatic heterocycles. The molecule has 1 aliphatic rings. The third-order valence-electron chi connectivity index (χ3n) is 4.28. The largest absolute Gasteiger partial charge is 0.361 e. The van der Waals surface area contributed by atoms with Gasteiger partial charge in [-0.1, -0.05) is 35.8 Å². The van der Waals surface area contributed by atoms with Gasteiger partial charge < -0.3 is 4.52 Å². The van der Waals surface area contributed by atoms with E-state index in [2.05, 4.69) is 29.1 Å². The lowest BCUT2D eigenvalue weighted by molar-refractivity contribution is 0.245. The van der Waals surface area contributed by atoms with Crippen molar-refractivity contribution in [1.29, 1.82) is 0 Å². The van der Waals surface area contributed by atoms with Crippen LogP contribution in [0.1, 0.15) is 48.4 Å². The van der Waals surface area contributed by atoms with Crippen LogP contribution in [0.15, 0.2) is 28.8 Å². The van der Waals surface area contributed by atoms with Crippen molar-refractivity contribution in [3.05, 3.63) is 51.9 Å². The summed E-state index contributed by atoms with van der Waals surface area (Å²) in [6.07, 6.45) is 3.30. The van der Waals surface area contributed by atoms with Crippen LogP contribution in [0.25, 0.3) is 0 Å². The molecule has 2 heterocycles. The fourth-order valence-electron chi connectivity index (χ4n) is 3.32. The molecule has 1 aliphatic heterocycles. The Bertz CT molecular complexity index is 623. The van der Waals surface area contributed by atoms with Crippen molar-refractivity contribution in [3.63, 3.8) is 0 Å². The van der Waals surface area contributed by atoms with Crippen molar-refractivity contribution in [2.45, 2.75) is 45.7 Å². The first-order chi connectivity index (χ1) is 10.2. The number of nitrogens with zero attached hydrogens (tertiary/aromatic N) is 2. The molecule has 0 amide bonds. The van der Waals surface area contributed by atoms with Crippen LogP contribution in [0, 0.1) is 6.92 Å². The molecule has 0 aliphatic carbocycles. The molecule has 0 N–H and O–H groups in total. The molecule has 3 rings (SSSR count). The Hall–Kier alpha value is -1.32. The average Bonchev–Trinajstić information content (AvgIpc) is 3.05. The van der Waals surface area contributed by atoms with Crippen molar-refractivity contribution < 1.29 is 4.52 Å². The van der Waals surface area contributed by atoms with Gasteiger partial charge in [0.25, 0.3) is 0 Å². The zero-order chi connectivity index (χ0) is 14.8. The predicted molar refractivity (Wildman–Crippen MR) is 84.5 cm³/mol. The minimum absolute atomic E-state index is 0.421. The van der Waals surface area contributed by atoms with E-state index in [-0.39, 0.29) is 0 Å². The van der Waals surface area contributed by atoms with E-state index in [0.29, 0.717) is 6.04 Å². The molecule has 0 spiro atoms. The SMILES string of the molecule is CCc1onc(C)c1[C@H]1CCCN1Cc1cccc(Cl)c1. The molecule has 0 bridgehead atoms. The molecule has 3 nitrogen and oxygen atoms in total. The summed E-state index contributed by atoms with van der Waals surface area (Å²) in [5.74, 6) is 1.04. The Morgan fingerprint density at radius 2 is 2.29 bits per heavy atom. The lowest BCUT2D eigenvalue weighted by atomic mass is 10.0. The van der Waals surface area contributed by atoms with Gasteiger partial charge in [-0.25, -0.2) is 0 Å². The summed E-state index contributed by atoms with van der Waals surface area (Å²) in [6, 6.07) is 8.56. The number of rotatable bonds is 4. The Labute approximate surface area is 130 Å². The lowest BCUT2D eigenvalue weighted by Crippen LogP contribution is -2.23. The number of benzene rings is 1. The minimum atomic E-state index is 0.421. The molecule has 4 heteroatoms. The van der Waals surface area contributed by atoms with Gasteiger partial charge in [-0.3, -0.25) is 4.90 Å². The normalized spacial score (nSPS) is 19.3. The van der Waals surface area contributed by atoms with E-state index in [1.54, 1.807) is 0 Å². The van der Waals surface area contributed by atoms with Gasteiger partial charge in [-0.05, 0) is 44.0 Å². The van der Waals surface area contributed by atoms with Crippen molar-refractivity contribution >= 4 is 11.6 Å². The van der Waals surface area contributed by atoms with Crippen LogP contribution < -0.4 is 0 Å². The first-order valence-corrected chi connectivity index (χ1v) is 8.00. The molecule has 0 radical (unpaired) electrons. The van der Waals surface area contributed by atoms with E-state index in [1.165, 1.54) is 24.0 Å². The summed E-state index contributed by atoms with van der Waals surface area (Å²) >= 11 is 6.10. The van der Waals surface area contributed by atoms with Crippen LogP contribution in [0.3, 0.4) is 0 Å². The number of hydrogen-bond donors (Lipinski definition) is 0. The van der Waals surface area contributed by atoms with E-state index in [0.717, 1.165) is 36.0 Å². The zero-order valence-corrected chi connectivity index (χ0v) is 13.4. The standard InChI is InChI=1S/C17H21ClN2O/c1-3-16-17(12(2)19-21-16)15-8-5-9-20(15)11-13-6-4-7-14(18)10-13/h4,6-7,10,15H,3,5,8-9,11H2,1-2H3/t15-/m1/s1. The second-order valence-corrected chi connectivity index (χ2v) is 6.15. The molecule has 1 saturated heterocycles. The maximum absolute atomic E-state index is 6.10. The average molecular weight is 305 g/mol. The molecule has 1 aromatic carbocycles. The van der Waals surface area contributed by atoms with Crippen LogP contribution in [-0.4, -0.2) is 16.6 Å². The van der Waals surface area contributed by atoms with Gasteiger partial charge in [0, 0.05) is 29.6 Å². The Morgan fingerprint density at radius 1 is 1.43 bits per heavy atom. The van der Waals surface area contributed by atoms with Crippen molar-refractivity contribution in [2.24, 2.45) is 0 Å². The van der Waals surface area contributed by atoms with E-state index < -0.39 is 0 Å². The third-order valence-corrected chi connectivity index (χ3v) is 4.51. The molecular weight excluding hydrogens is 284 g/mol. The van der Waals surface area contributed by atoms with Gasteiger partial charge >= 0.3 is 0 Å². The molecule has 0 unspecified atom stereocenters. The highest BCUT2D eigenvalue weighted by Gasteiger charge is 2.31. The van der Waals surface area contributed by atoms with E-state index >= 15 is 0 Å². The van der Waals surface area contributed by atoms with E-state index in [9.17, 15) is 0 Å². The molecule has 1 fully saturated rings. The first-order valence-electron chi connectivity index (χ1n) is 7.62. The third kappa shape index (κ3) is 2.99. The number of hydrogen-bond acceptors (Lipinski definition) is 3. The first kappa shape index (κ1) is 14.6. The maximum Gasteiger partial charge on any atom is 0.141 e. The molecular formula is C17H21ClN2O. The molecule has 1 atom stereocenters. The molecule has 2 aromatic rings. The quantitative estimate of drug-likeness (QED) is 0.830. The van der Waals surface area contributed by atoms with Gasteiger partial charge in [-0.2, -0.15) is 0 Å². The highest BCUT2D eigenvalue weighted by Crippen LogP contribution is 2.37. The summed E-state index contributed by atoms with van der Waals surface area (Å²) in [5, 5.41) is 4.97. The van der Waals surface area contributed by atoms with Crippen molar-refractivity contribution in [1.82, 2.24) is 10.1 Å². The highest BCUT2D eigenvalue weighted by molar-refractivity contribution is 6.30. The van der Waals surface area contributed by atoms with Crippen molar-refractivity contribution in [2.75, 3.05) is 6.54 Å². The topological polar surface area (TPSA) is 29.3 Å². The lowest BCUT2D eigenvalue weighted by Gasteiger charge is -2.24. The van der Waals surface area contributed by atoms with Gasteiger partial charge in [0.05, 0.1) is 5.69 Å². The molecule has 21 heavy (non-hydrogen) atoms. The fourth-order valence-corrected chi connectivity index (χ4v) is 3.53. The second-order valence-electron chi connectivity index (χ2n) is 5.72. The highest BCUT2D eigenvalue weighted by atomic mass is 35.5. The summed E-state index contributed by atoms with van der Waals surface area (Å²) in [4.78, 5) is 2.52. The van der Waals surface area contributed by atoms with Gasteiger partial charge in [0.15, 0.2) is 0 Å². The second kappa shape index (κ2) is 6.20. The monoisotopic (exact) mass is 304 g/mol. The summed E-state index contributed by atoms with van der Waals surface area (Å²) in [7, 11) is 0. The number of aromatic nitrogens is 1. The number of likely N-dealkylation sites (tertiary alicyclic amines) is 1. The smallest absolute Gasteiger partial charge is 0.141 e. The summed E-state index contributed by atoms with van der Waals surface area (Å²) < 4.78 is 5.48. The van der Waals surface area contributed by atoms with Gasteiger partial charge in [0.1, 0.15) is 5.76 Å². The summed E-state index contributed by atoms with van der Waals surface area (Å²) in [5.41, 5.74) is 3.61. The Balaban J connectivity index is 1.84. The van der Waals surface area contributed by atoms with Crippen LogP contribution in [-0.2, 0) is 13.0 Å². The van der Waals surface area contributed by atoms with Crippen LogP contribution in [0.5, 0.6) is 0 Å². The number of halogens is 1. The van der Waals surface area contributed by atoms with Crippen molar-refractivity contribution in [3.8, 4) is 0 Å². The van der Waals surface area contributed by atoms with Crippen LogP contribution in [0.2, 0.25) is 5.02 Å². The van der Waals surface area contributed by atoms with Crippen LogP contribution >= 0.6 is 11.6 Å². The predicted octanol–water partition coefficient (Wildman–Crippen LogP) is 4.54. The van der Waals surface area contributed by atoms with Gasteiger partial charge in [0.2, 0.25) is 0 Å². The van der Waals surface area contributed by atoms with Gasteiger partial charge in [-0.15, -0.1) is 0 Å². The van der Waals surface area contributed by atoms with E-state index in [1.807, 2.05) is 19.1 Å². The minimum Gasteiger partial charge on any atom is -0.361 e. The summed E-state index contributed by atoms with van der Waals surface area (Å²) in [6.45, 7) is 6.22. The molecule has 112 valence electrons. The number of aryl methyl sites for hydroxylation is 2. The Morgan fingerprint density at radius 3 is 3.05 bits per heavy atom. The molecule has 0 saturated carbocycles.